The van der Waals surface area contributed by atoms with Crippen LogP contribution in [0.5, 0.6) is 0 Å². The van der Waals surface area contributed by atoms with Crippen LogP contribution >= 0.6 is 0 Å². The number of aromatic nitrogens is 2. The van der Waals surface area contributed by atoms with E-state index in [2.05, 4.69) is 9.97 Å². The molecule has 0 aliphatic heterocycles. The molecule has 0 aliphatic rings. The standard InChI is InChI=1S/C21H16N2/c1-15-22-20(17-11-6-3-7-12-17)19-14-8-13-18(21(19)23-15)16-9-4-2-5-10-16/h2-14H,1H3/i8D. The first-order chi connectivity index (χ1) is 11.7. The first-order valence-electron chi connectivity index (χ1n) is 8.12. The Morgan fingerprint density at radius 2 is 1.39 bits per heavy atom. The van der Waals surface area contributed by atoms with Gasteiger partial charge in [-0.05, 0) is 12.5 Å². The number of rotatable bonds is 2. The molecule has 0 saturated carbocycles. The Morgan fingerprint density at radius 1 is 0.739 bits per heavy atom. The molecule has 2 nitrogen and oxygen atoms in total. The molecule has 110 valence electrons. The van der Waals surface area contributed by atoms with Crippen molar-refractivity contribution in [1.82, 2.24) is 9.97 Å². The van der Waals surface area contributed by atoms with Crippen LogP contribution < -0.4 is 0 Å². The number of benzene rings is 3. The monoisotopic (exact) mass is 297 g/mol. The van der Waals surface area contributed by atoms with E-state index in [0.717, 1.165) is 39.1 Å². The van der Waals surface area contributed by atoms with E-state index in [1.165, 1.54) is 0 Å². The first kappa shape index (κ1) is 12.5. The molecule has 0 bridgehead atoms. The molecular formula is C21H16N2. The largest absolute Gasteiger partial charge is 0.233 e. The van der Waals surface area contributed by atoms with Crippen LogP contribution in [-0.2, 0) is 0 Å². The second-order valence-electron chi connectivity index (χ2n) is 5.48. The van der Waals surface area contributed by atoms with Crippen molar-refractivity contribution in [2.24, 2.45) is 0 Å². The smallest absolute Gasteiger partial charge is 0.126 e. The highest BCUT2D eigenvalue weighted by molar-refractivity contribution is 6.00. The van der Waals surface area contributed by atoms with Crippen LogP contribution in [0.1, 0.15) is 7.20 Å². The van der Waals surface area contributed by atoms with E-state index in [4.69, 9.17) is 1.37 Å². The van der Waals surface area contributed by atoms with E-state index in [1.54, 1.807) is 0 Å². The molecule has 0 fully saturated rings. The Balaban J connectivity index is 2.09. The average molecular weight is 297 g/mol. The minimum absolute atomic E-state index is 0.464. The summed E-state index contributed by atoms with van der Waals surface area (Å²) in [7, 11) is 0. The van der Waals surface area contributed by atoms with Gasteiger partial charge in [0, 0.05) is 16.5 Å². The summed E-state index contributed by atoms with van der Waals surface area (Å²) in [6.45, 7) is 1.91. The molecule has 0 aliphatic carbocycles. The van der Waals surface area contributed by atoms with Crippen LogP contribution in [0.3, 0.4) is 0 Å². The van der Waals surface area contributed by atoms with Crippen molar-refractivity contribution in [2.75, 3.05) is 0 Å². The minimum Gasteiger partial charge on any atom is -0.233 e. The lowest BCUT2D eigenvalue weighted by Gasteiger charge is -2.11. The maximum Gasteiger partial charge on any atom is 0.126 e. The van der Waals surface area contributed by atoms with Crippen molar-refractivity contribution in [3.8, 4) is 22.4 Å². The zero-order chi connectivity index (χ0) is 16.5. The number of hydrogen-bond donors (Lipinski definition) is 0. The summed E-state index contributed by atoms with van der Waals surface area (Å²) in [5.74, 6) is 0.733. The van der Waals surface area contributed by atoms with E-state index in [1.807, 2.05) is 79.7 Å². The number of nitrogens with zero attached hydrogens (tertiary/aromatic N) is 2. The van der Waals surface area contributed by atoms with Crippen LogP contribution in [0.2, 0.25) is 0 Å². The van der Waals surface area contributed by atoms with E-state index < -0.39 is 0 Å². The zero-order valence-electron chi connectivity index (χ0n) is 13.8. The van der Waals surface area contributed by atoms with E-state index in [9.17, 15) is 0 Å². The average Bonchev–Trinajstić information content (AvgIpc) is 2.62. The third-order valence-corrected chi connectivity index (χ3v) is 3.90. The fourth-order valence-corrected chi connectivity index (χ4v) is 2.85. The molecule has 1 aromatic heterocycles. The van der Waals surface area contributed by atoms with Crippen LogP contribution in [-0.4, -0.2) is 9.97 Å². The number of hydrogen-bond acceptors (Lipinski definition) is 2. The van der Waals surface area contributed by atoms with E-state index in [-0.39, 0.29) is 0 Å². The third kappa shape index (κ3) is 2.49. The summed E-state index contributed by atoms with van der Waals surface area (Å²) in [5, 5.41) is 0.915. The first-order valence-corrected chi connectivity index (χ1v) is 7.62. The normalized spacial score (nSPS) is 11.4. The molecule has 23 heavy (non-hydrogen) atoms. The van der Waals surface area contributed by atoms with Gasteiger partial charge >= 0.3 is 0 Å². The van der Waals surface area contributed by atoms with Gasteiger partial charge in [0.05, 0.1) is 12.6 Å². The summed E-state index contributed by atoms with van der Waals surface area (Å²) in [6, 6.07) is 24.4. The zero-order valence-corrected chi connectivity index (χ0v) is 12.8. The number of fused-ring (bicyclic) bond motifs is 1. The van der Waals surface area contributed by atoms with Gasteiger partial charge in [0.1, 0.15) is 5.82 Å². The second kappa shape index (κ2) is 5.65. The van der Waals surface area contributed by atoms with Crippen LogP contribution in [0.4, 0.5) is 0 Å². The minimum atomic E-state index is 0.464. The molecule has 0 N–H and O–H groups in total. The molecule has 1 heterocycles. The van der Waals surface area contributed by atoms with Crippen molar-refractivity contribution >= 4 is 10.9 Å². The fraction of sp³-hybridized carbons (Fsp3) is 0.0476. The molecule has 0 spiro atoms. The predicted molar refractivity (Wildman–Crippen MR) is 95.1 cm³/mol. The molecule has 4 rings (SSSR count). The molecule has 4 aromatic rings. The van der Waals surface area contributed by atoms with Gasteiger partial charge in [-0.25, -0.2) is 9.97 Å². The van der Waals surface area contributed by atoms with Gasteiger partial charge in [-0.15, -0.1) is 0 Å². The highest BCUT2D eigenvalue weighted by atomic mass is 14.9. The topological polar surface area (TPSA) is 25.8 Å². The van der Waals surface area contributed by atoms with E-state index >= 15 is 0 Å². The highest BCUT2D eigenvalue weighted by Crippen LogP contribution is 2.32. The van der Waals surface area contributed by atoms with Gasteiger partial charge in [0.15, 0.2) is 0 Å². The van der Waals surface area contributed by atoms with Crippen molar-refractivity contribution < 1.29 is 1.37 Å². The van der Waals surface area contributed by atoms with Crippen LogP contribution in [0.15, 0.2) is 78.8 Å². The van der Waals surface area contributed by atoms with Gasteiger partial charge in [-0.2, -0.15) is 0 Å². The summed E-state index contributed by atoms with van der Waals surface area (Å²) < 4.78 is 8.22. The predicted octanol–water partition coefficient (Wildman–Crippen LogP) is 5.27. The number of para-hydroxylation sites is 1. The summed E-state index contributed by atoms with van der Waals surface area (Å²) in [4.78, 5) is 9.34. The highest BCUT2D eigenvalue weighted by Gasteiger charge is 2.11. The lowest BCUT2D eigenvalue weighted by molar-refractivity contribution is 1.10. The van der Waals surface area contributed by atoms with Gasteiger partial charge < -0.3 is 0 Å². The molecular weight excluding hydrogens is 280 g/mol. The van der Waals surface area contributed by atoms with Gasteiger partial charge in [-0.1, -0.05) is 78.8 Å². The molecule has 2 heteroatoms. The van der Waals surface area contributed by atoms with Crippen LogP contribution in [0, 0.1) is 6.92 Å². The lowest BCUT2D eigenvalue weighted by Crippen LogP contribution is -1.95. The van der Waals surface area contributed by atoms with Gasteiger partial charge in [-0.3, -0.25) is 0 Å². The third-order valence-electron chi connectivity index (χ3n) is 3.90. The van der Waals surface area contributed by atoms with E-state index in [0.29, 0.717) is 6.04 Å². The molecule has 0 unspecified atom stereocenters. The van der Waals surface area contributed by atoms with Crippen molar-refractivity contribution in [3.63, 3.8) is 0 Å². The summed E-state index contributed by atoms with van der Waals surface area (Å²) in [6.07, 6.45) is 0. The maximum absolute atomic E-state index is 8.22. The quantitative estimate of drug-likeness (QED) is 0.503. The molecule has 3 aromatic carbocycles. The van der Waals surface area contributed by atoms with Crippen molar-refractivity contribution in [1.29, 1.82) is 0 Å². The Bertz CT molecular complexity index is 927. The van der Waals surface area contributed by atoms with Crippen molar-refractivity contribution in [3.05, 3.63) is 84.7 Å². The molecule has 0 amide bonds. The van der Waals surface area contributed by atoms with Gasteiger partial charge in [0.25, 0.3) is 0 Å². The fourth-order valence-electron chi connectivity index (χ4n) is 2.85. The molecule has 0 atom stereocenters. The summed E-state index contributed by atoms with van der Waals surface area (Å²) >= 11 is 0. The summed E-state index contributed by atoms with van der Waals surface area (Å²) in [5.41, 5.74) is 4.85. The lowest BCUT2D eigenvalue weighted by atomic mass is 9.99. The van der Waals surface area contributed by atoms with Crippen molar-refractivity contribution in [2.45, 2.75) is 6.92 Å². The molecule has 0 radical (unpaired) electrons. The van der Waals surface area contributed by atoms with Gasteiger partial charge in [0.2, 0.25) is 0 Å². The second-order valence-corrected chi connectivity index (χ2v) is 5.48. The Labute approximate surface area is 136 Å². The maximum atomic E-state index is 8.22. The molecule has 0 saturated heterocycles. The number of aryl methyl sites for hydroxylation is 1. The van der Waals surface area contributed by atoms with Crippen LogP contribution in [0.25, 0.3) is 33.3 Å². The Kier molecular flexibility index (Phi) is 3.08. The SMILES string of the molecule is [2H]c1cc(-c2ccccc2)c2nc(C)nc(-c3ccccc3)c2c1. The Hall–Kier alpha value is -3.00. The Morgan fingerprint density at radius 3 is 2.09 bits per heavy atom.